The molecule has 0 spiro atoms. The number of nitrogens with zero attached hydrogens (tertiary/aromatic N) is 1. The van der Waals surface area contributed by atoms with E-state index in [1.54, 1.807) is 12.1 Å². The molecule has 1 aromatic rings. The van der Waals surface area contributed by atoms with E-state index < -0.39 is 12.0 Å². The minimum Gasteiger partial charge on any atom is -0.481 e. The molecule has 1 fully saturated rings. The fraction of sp³-hybridized carbons (Fsp3) is 0.429. The highest BCUT2D eigenvalue weighted by Crippen LogP contribution is 2.30. The van der Waals surface area contributed by atoms with Gasteiger partial charge in [-0.05, 0) is 24.6 Å². The van der Waals surface area contributed by atoms with E-state index in [1.807, 2.05) is 17.9 Å². The number of halogens is 2. The molecule has 0 bridgehead atoms. The fourth-order valence-corrected chi connectivity index (χ4v) is 2.84. The van der Waals surface area contributed by atoms with Crippen LogP contribution in [0.4, 0.5) is 0 Å². The maximum atomic E-state index is 11.9. The van der Waals surface area contributed by atoms with Gasteiger partial charge in [0.2, 0.25) is 5.91 Å². The monoisotopic (exact) mass is 330 g/mol. The van der Waals surface area contributed by atoms with Gasteiger partial charge in [0.1, 0.15) is 6.04 Å². The second-order valence-electron chi connectivity index (χ2n) is 4.99. The molecule has 1 aliphatic rings. The first-order chi connectivity index (χ1) is 9.90. The molecule has 1 heterocycles. The molecule has 0 saturated carbocycles. The molecular weight excluding hydrogens is 315 g/mol. The number of carbonyl (C=O) groups is 2. The molecule has 0 radical (unpaired) electrons. The van der Waals surface area contributed by atoms with E-state index in [0.717, 1.165) is 5.56 Å². The van der Waals surface area contributed by atoms with Crippen molar-refractivity contribution in [2.24, 2.45) is 0 Å². The SMILES string of the molecule is CC(c1ccc(Cl)c(Cl)c1)N1CCNC(=O)C1CC(=O)O. The average Bonchev–Trinajstić information content (AvgIpc) is 2.43. The van der Waals surface area contributed by atoms with Crippen molar-refractivity contribution in [1.29, 1.82) is 0 Å². The zero-order chi connectivity index (χ0) is 15.6. The lowest BCUT2D eigenvalue weighted by molar-refractivity contribution is -0.143. The summed E-state index contributed by atoms with van der Waals surface area (Å²) in [6.45, 7) is 3.01. The fourth-order valence-electron chi connectivity index (χ4n) is 2.54. The lowest BCUT2D eigenvalue weighted by Gasteiger charge is -2.38. The van der Waals surface area contributed by atoms with Gasteiger partial charge in [-0.25, -0.2) is 0 Å². The van der Waals surface area contributed by atoms with Crippen LogP contribution in [-0.2, 0) is 9.59 Å². The number of carbonyl (C=O) groups excluding carboxylic acids is 1. The molecule has 2 rings (SSSR count). The number of benzene rings is 1. The number of carboxylic acid groups (broad SMARTS) is 1. The summed E-state index contributed by atoms with van der Waals surface area (Å²) in [5.41, 5.74) is 0.898. The number of hydrogen-bond acceptors (Lipinski definition) is 3. The largest absolute Gasteiger partial charge is 0.481 e. The number of rotatable bonds is 4. The minimum atomic E-state index is -0.997. The van der Waals surface area contributed by atoms with Gasteiger partial charge in [0.05, 0.1) is 16.5 Å². The Bertz CT molecular complexity index is 565. The predicted molar refractivity (Wildman–Crippen MR) is 80.6 cm³/mol. The van der Waals surface area contributed by atoms with Crippen molar-refractivity contribution in [2.45, 2.75) is 25.4 Å². The van der Waals surface area contributed by atoms with Crippen LogP contribution in [0.15, 0.2) is 18.2 Å². The lowest BCUT2D eigenvalue weighted by Crippen LogP contribution is -2.56. The van der Waals surface area contributed by atoms with Crippen LogP contribution in [0.1, 0.15) is 24.9 Å². The number of piperazine rings is 1. The van der Waals surface area contributed by atoms with Crippen LogP contribution in [0.5, 0.6) is 0 Å². The van der Waals surface area contributed by atoms with Crippen molar-refractivity contribution < 1.29 is 14.7 Å². The topological polar surface area (TPSA) is 69.6 Å². The van der Waals surface area contributed by atoms with Crippen molar-refractivity contribution in [3.05, 3.63) is 33.8 Å². The van der Waals surface area contributed by atoms with Gasteiger partial charge in [0.15, 0.2) is 0 Å². The number of hydrogen-bond donors (Lipinski definition) is 2. The van der Waals surface area contributed by atoms with Crippen molar-refractivity contribution in [3.8, 4) is 0 Å². The van der Waals surface area contributed by atoms with Crippen molar-refractivity contribution in [2.75, 3.05) is 13.1 Å². The molecule has 2 N–H and O–H groups in total. The highest BCUT2D eigenvalue weighted by Gasteiger charge is 2.34. The van der Waals surface area contributed by atoms with Crippen LogP contribution >= 0.6 is 23.2 Å². The molecule has 21 heavy (non-hydrogen) atoms. The molecule has 2 atom stereocenters. The van der Waals surface area contributed by atoms with E-state index in [-0.39, 0.29) is 18.4 Å². The normalized spacial score (nSPS) is 20.9. The average molecular weight is 331 g/mol. The molecule has 114 valence electrons. The summed E-state index contributed by atoms with van der Waals surface area (Å²) in [6.07, 6.45) is -0.225. The Morgan fingerprint density at radius 3 is 2.81 bits per heavy atom. The summed E-state index contributed by atoms with van der Waals surface area (Å²) in [5.74, 6) is -1.25. The Kier molecular flexibility index (Phi) is 5.08. The maximum Gasteiger partial charge on any atom is 0.305 e. The van der Waals surface area contributed by atoms with Gasteiger partial charge in [0.25, 0.3) is 0 Å². The lowest BCUT2D eigenvalue weighted by atomic mass is 10.0. The molecule has 0 aliphatic carbocycles. The van der Waals surface area contributed by atoms with Crippen LogP contribution in [-0.4, -0.2) is 41.0 Å². The van der Waals surface area contributed by atoms with E-state index in [9.17, 15) is 9.59 Å². The van der Waals surface area contributed by atoms with Crippen LogP contribution in [0.25, 0.3) is 0 Å². The molecule has 1 aromatic carbocycles. The number of aliphatic carboxylic acids is 1. The number of carboxylic acids is 1. The zero-order valence-electron chi connectivity index (χ0n) is 11.5. The Morgan fingerprint density at radius 1 is 1.48 bits per heavy atom. The summed E-state index contributed by atoms with van der Waals surface area (Å²) in [6, 6.07) is 4.48. The van der Waals surface area contributed by atoms with Crippen LogP contribution in [0, 0.1) is 0 Å². The third-order valence-electron chi connectivity index (χ3n) is 3.66. The summed E-state index contributed by atoms with van der Waals surface area (Å²) in [5, 5.41) is 12.6. The van der Waals surface area contributed by atoms with Crippen LogP contribution in [0.3, 0.4) is 0 Å². The molecule has 2 unspecified atom stereocenters. The molecule has 5 nitrogen and oxygen atoms in total. The standard InChI is InChI=1S/C14H16Cl2N2O3/c1-8(9-2-3-10(15)11(16)6-9)18-5-4-17-14(21)12(18)7-13(19)20/h2-3,6,8,12H,4-5,7H2,1H3,(H,17,21)(H,19,20). The van der Waals surface area contributed by atoms with Gasteiger partial charge in [0, 0.05) is 19.1 Å². The first-order valence-electron chi connectivity index (χ1n) is 6.60. The summed E-state index contributed by atoms with van der Waals surface area (Å²) >= 11 is 11.9. The molecule has 7 heteroatoms. The van der Waals surface area contributed by atoms with E-state index in [4.69, 9.17) is 28.3 Å². The first kappa shape index (κ1) is 16.1. The molecule has 0 aromatic heterocycles. The van der Waals surface area contributed by atoms with E-state index >= 15 is 0 Å². The highest BCUT2D eigenvalue weighted by molar-refractivity contribution is 6.42. The van der Waals surface area contributed by atoms with Crippen LogP contribution < -0.4 is 5.32 Å². The number of amides is 1. The highest BCUT2D eigenvalue weighted by atomic mass is 35.5. The van der Waals surface area contributed by atoms with Gasteiger partial charge >= 0.3 is 5.97 Å². The molecule has 1 saturated heterocycles. The summed E-state index contributed by atoms with van der Waals surface area (Å²) in [7, 11) is 0. The van der Waals surface area contributed by atoms with E-state index in [1.165, 1.54) is 0 Å². The van der Waals surface area contributed by atoms with Gasteiger partial charge in [-0.2, -0.15) is 0 Å². The van der Waals surface area contributed by atoms with Crippen LogP contribution in [0.2, 0.25) is 10.0 Å². The third-order valence-corrected chi connectivity index (χ3v) is 4.40. The smallest absolute Gasteiger partial charge is 0.305 e. The van der Waals surface area contributed by atoms with Gasteiger partial charge in [-0.1, -0.05) is 29.3 Å². The summed E-state index contributed by atoms with van der Waals surface area (Å²) < 4.78 is 0. The Morgan fingerprint density at radius 2 is 2.19 bits per heavy atom. The van der Waals surface area contributed by atoms with Crippen molar-refractivity contribution in [1.82, 2.24) is 10.2 Å². The zero-order valence-corrected chi connectivity index (χ0v) is 13.0. The van der Waals surface area contributed by atoms with E-state index in [2.05, 4.69) is 5.32 Å². The molecular formula is C14H16Cl2N2O3. The van der Waals surface area contributed by atoms with Gasteiger partial charge in [-0.15, -0.1) is 0 Å². The second kappa shape index (κ2) is 6.64. The quantitative estimate of drug-likeness (QED) is 0.888. The third kappa shape index (κ3) is 3.67. The van der Waals surface area contributed by atoms with Crippen molar-refractivity contribution >= 4 is 35.1 Å². The predicted octanol–water partition coefficient (Wildman–Crippen LogP) is 2.33. The van der Waals surface area contributed by atoms with Gasteiger partial charge < -0.3 is 10.4 Å². The molecule has 1 aliphatic heterocycles. The first-order valence-corrected chi connectivity index (χ1v) is 7.36. The van der Waals surface area contributed by atoms with E-state index in [0.29, 0.717) is 23.1 Å². The van der Waals surface area contributed by atoms with Crippen molar-refractivity contribution in [3.63, 3.8) is 0 Å². The Hall–Kier alpha value is -1.30. The summed E-state index contributed by atoms with van der Waals surface area (Å²) in [4.78, 5) is 24.8. The number of nitrogens with one attached hydrogen (secondary N) is 1. The minimum absolute atomic E-state index is 0.129. The maximum absolute atomic E-state index is 11.9. The Balaban J connectivity index is 2.25. The van der Waals surface area contributed by atoms with Gasteiger partial charge in [-0.3, -0.25) is 14.5 Å². The Labute approximate surface area is 132 Å². The second-order valence-corrected chi connectivity index (χ2v) is 5.81. The molecule has 1 amide bonds.